The van der Waals surface area contributed by atoms with Crippen LogP contribution in [0.1, 0.15) is 0 Å². The summed E-state index contributed by atoms with van der Waals surface area (Å²) < 4.78 is 1.19. The summed E-state index contributed by atoms with van der Waals surface area (Å²) in [5.41, 5.74) is -0.0655. The molecule has 0 spiro atoms. The van der Waals surface area contributed by atoms with Crippen LogP contribution in [0.3, 0.4) is 0 Å². The van der Waals surface area contributed by atoms with E-state index in [2.05, 4.69) is 25.4 Å². The van der Waals surface area contributed by atoms with Crippen LogP contribution in [0.25, 0.3) is 28.1 Å². The van der Waals surface area contributed by atoms with E-state index in [0.717, 1.165) is 6.07 Å². The predicted molar refractivity (Wildman–Crippen MR) is 77.0 cm³/mol. The molecule has 0 amide bonds. The zero-order valence-electron chi connectivity index (χ0n) is 11.2. The number of aromatic nitrogens is 6. The topological polar surface area (TPSA) is 155 Å². The molecule has 0 bridgehead atoms. The van der Waals surface area contributed by atoms with Crippen LogP contribution < -0.4 is 5.69 Å². The Morgan fingerprint density at radius 1 is 1.30 bits per heavy atom. The molecule has 114 valence electrons. The lowest BCUT2D eigenvalue weighted by Crippen LogP contribution is -2.17. The van der Waals surface area contributed by atoms with Gasteiger partial charge in [0.15, 0.2) is 17.2 Å². The summed E-state index contributed by atoms with van der Waals surface area (Å²) in [7, 11) is 0. The van der Waals surface area contributed by atoms with Gasteiger partial charge in [0, 0.05) is 11.6 Å². The fraction of sp³-hybridized carbons (Fsp3) is 0. The van der Waals surface area contributed by atoms with Crippen LogP contribution >= 0.6 is 0 Å². The SMILES string of the molecule is O=c1[nH]c2[nH]ncc2c2nnc(-c3ccc(O)c([N+](=O)[O-])c3)n12. The number of phenols is 1. The quantitative estimate of drug-likeness (QED) is 0.361. The van der Waals surface area contributed by atoms with Crippen LogP contribution in [0.2, 0.25) is 0 Å². The van der Waals surface area contributed by atoms with E-state index in [1.165, 1.54) is 22.7 Å². The van der Waals surface area contributed by atoms with Gasteiger partial charge in [-0.2, -0.15) is 5.10 Å². The monoisotopic (exact) mass is 313 g/mol. The van der Waals surface area contributed by atoms with E-state index in [9.17, 15) is 20.0 Å². The molecule has 0 radical (unpaired) electrons. The smallest absolute Gasteiger partial charge is 0.334 e. The number of fused-ring (bicyclic) bond motifs is 3. The highest BCUT2D eigenvalue weighted by atomic mass is 16.6. The summed E-state index contributed by atoms with van der Waals surface area (Å²) in [6.07, 6.45) is 1.48. The first-order valence-electron chi connectivity index (χ1n) is 6.34. The molecule has 0 aliphatic rings. The molecule has 11 nitrogen and oxygen atoms in total. The molecule has 0 aliphatic carbocycles. The number of phenolic OH excluding ortho intramolecular Hbond substituents is 1. The number of nitrogens with zero attached hydrogens (tertiary/aromatic N) is 5. The van der Waals surface area contributed by atoms with Crippen LogP contribution in [0, 0.1) is 10.1 Å². The summed E-state index contributed by atoms with van der Waals surface area (Å²) in [5.74, 6) is -0.355. The van der Waals surface area contributed by atoms with Crippen molar-refractivity contribution in [1.29, 1.82) is 0 Å². The number of nitro benzene ring substituents is 1. The number of aromatic hydroxyl groups is 1. The first-order chi connectivity index (χ1) is 11.1. The van der Waals surface area contributed by atoms with Gasteiger partial charge < -0.3 is 5.11 Å². The molecule has 4 rings (SSSR count). The van der Waals surface area contributed by atoms with Crippen LogP contribution in [-0.4, -0.2) is 39.8 Å². The molecule has 1 aromatic carbocycles. The first kappa shape index (κ1) is 12.9. The minimum absolute atomic E-state index is 0.118. The molecule has 3 heterocycles. The Bertz CT molecular complexity index is 1140. The van der Waals surface area contributed by atoms with Crippen molar-refractivity contribution in [2.45, 2.75) is 0 Å². The maximum atomic E-state index is 12.2. The molecule has 0 atom stereocenters. The number of aromatic amines is 2. The van der Waals surface area contributed by atoms with E-state index >= 15 is 0 Å². The number of H-pyrrole nitrogens is 2. The molecule has 0 aliphatic heterocycles. The third kappa shape index (κ3) is 1.76. The highest BCUT2D eigenvalue weighted by Gasteiger charge is 2.19. The van der Waals surface area contributed by atoms with Gasteiger partial charge in [0.1, 0.15) is 5.65 Å². The fourth-order valence-electron chi connectivity index (χ4n) is 2.36. The van der Waals surface area contributed by atoms with E-state index in [0.29, 0.717) is 11.0 Å². The lowest BCUT2D eigenvalue weighted by atomic mass is 10.2. The summed E-state index contributed by atoms with van der Waals surface area (Å²) in [5, 5.41) is 35.3. The zero-order valence-corrected chi connectivity index (χ0v) is 11.2. The summed E-state index contributed by atoms with van der Waals surface area (Å²) in [6, 6.07) is 3.71. The van der Waals surface area contributed by atoms with E-state index in [1.54, 1.807) is 0 Å². The van der Waals surface area contributed by atoms with Crippen molar-refractivity contribution >= 4 is 22.4 Å². The molecule has 4 aromatic rings. The Balaban J connectivity index is 2.05. The normalized spacial score (nSPS) is 11.3. The third-order valence-corrected chi connectivity index (χ3v) is 3.41. The Kier molecular flexibility index (Phi) is 2.46. The third-order valence-electron chi connectivity index (χ3n) is 3.41. The zero-order chi connectivity index (χ0) is 16.1. The van der Waals surface area contributed by atoms with Crippen LogP contribution in [-0.2, 0) is 0 Å². The van der Waals surface area contributed by atoms with Crippen LogP contribution in [0.15, 0.2) is 29.2 Å². The second-order valence-electron chi connectivity index (χ2n) is 4.73. The number of hydrogen-bond acceptors (Lipinski definition) is 7. The van der Waals surface area contributed by atoms with Crippen molar-refractivity contribution in [3.8, 4) is 17.1 Å². The van der Waals surface area contributed by atoms with Crippen molar-refractivity contribution < 1.29 is 10.0 Å². The molecule has 0 saturated carbocycles. The summed E-state index contributed by atoms with van der Waals surface area (Å²) >= 11 is 0. The van der Waals surface area contributed by atoms with Crippen molar-refractivity contribution in [2.75, 3.05) is 0 Å². The van der Waals surface area contributed by atoms with Gasteiger partial charge in [0.05, 0.1) is 16.5 Å². The Hall–Kier alpha value is -3.76. The van der Waals surface area contributed by atoms with Crippen LogP contribution in [0.5, 0.6) is 5.75 Å². The van der Waals surface area contributed by atoms with Crippen molar-refractivity contribution in [2.24, 2.45) is 0 Å². The second-order valence-corrected chi connectivity index (χ2v) is 4.73. The van der Waals surface area contributed by atoms with Crippen molar-refractivity contribution in [3.05, 3.63) is 45.0 Å². The molecular formula is C12H7N7O4. The minimum atomic E-state index is -0.722. The molecular weight excluding hydrogens is 306 g/mol. The Morgan fingerprint density at radius 2 is 2.13 bits per heavy atom. The Labute approximate surface area is 125 Å². The molecule has 3 aromatic heterocycles. The van der Waals surface area contributed by atoms with Gasteiger partial charge in [0.2, 0.25) is 0 Å². The Morgan fingerprint density at radius 3 is 2.91 bits per heavy atom. The van der Waals surface area contributed by atoms with Crippen molar-refractivity contribution in [1.82, 2.24) is 29.8 Å². The minimum Gasteiger partial charge on any atom is -0.502 e. The highest BCUT2D eigenvalue weighted by molar-refractivity contribution is 5.88. The van der Waals surface area contributed by atoms with E-state index < -0.39 is 22.0 Å². The number of nitro groups is 1. The number of nitrogens with one attached hydrogen (secondary N) is 2. The van der Waals surface area contributed by atoms with Gasteiger partial charge >= 0.3 is 11.4 Å². The van der Waals surface area contributed by atoms with Gasteiger partial charge in [-0.25, -0.2) is 9.20 Å². The molecule has 23 heavy (non-hydrogen) atoms. The second kappa shape index (κ2) is 4.37. The molecule has 0 unspecified atom stereocenters. The van der Waals surface area contributed by atoms with Gasteiger partial charge in [-0.15, -0.1) is 10.2 Å². The maximum absolute atomic E-state index is 12.2. The van der Waals surface area contributed by atoms with E-state index in [4.69, 9.17) is 0 Å². The maximum Gasteiger partial charge on any atom is 0.334 e. The van der Waals surface area contributed by atoms with Gasteiger partial charge in [0.25, 0.3) is 0 Å². The molecule has 0 fully saturated rings. The average molecular weight is 313 g/mol. The molecule has 3 N–H and O–H groups in total. The predicted octanol–water partition coefficient (Wildman–Crippen LogP) is 0.575. The fourth-order valence-corrected chi connectivity index (χ4v) is 2.36. The first-order valence-corrected chi connectivity index (χ1v) is 6.34. The molecule has 0 saturated heterocycles. The highest BCUT2D eigenvalue weighted by Crippen LogP contribution is 2.30. The van der Waals surface area contributed by atoms with Gasteiger partial charge in [-0.05, 0) is 12.1 Å². The lowest BCUT2D eigenvalue weighted by molar-refractivity contribution is -0.385. The number of hydrogen-bond donors (Lipinski definition) is 3. The van der Waals surface area contributed by atoms with E-state index in [-0.39, 0.29) is 17.0 Å². The van der Waals surface area contributed by atoms with E-state index in [1.807, 2.05) is 0 Å². The summed E-state index contributed by atoms with van der Waals surface area (Å²) in [6.45, 7) is 0. The van der Waals surface area contributed by atoms with Gasteiger partial charge in [-0.3, -0.25) is 20.2 Å². The van der Waals surface area contributed by atoms with Gasteiger partial charge in [-0.1, -0.05) is 0 Å². The van der Waals surface area contributed by atoms with Crippen molar-refractivity contribution in [3.63, 3.8) is 0 Å². The number of rotatable bonds is 2. The summed E-state index contributed by atoms with van der Waals surface area (Å²) in [4.78, 5) is 25.0. The van der Waals surface area contributed by atoms with Crippen LogP contribution in [0.4, 0.5) is 5.69 Å². The largest absolute Gasteiger partial charge is 0.502 e. The average Bonchev–Trinajstić information content (AvgIpc) is 3.13. The standard InChI is InChI=1S/C12H7N7O4/c20-8-2-1-5(3-7(8)19(22)23)10-16-17-11-6-4-13-15-9(6)14-12(21)18(10)11/h1-4,20H,(H2,13,14,15,21). The number of benzene rings is 1. The molecule has 11 heteroatoms. The lowest BCUT2D eigenvalue weighted by Gasteiger charge is -2.01.